The van der Waals surface area contributed by atoms with Crippen LogP contribution < -0.4 is 4.74 Å². The molecule has 0 aliphatic heterocycles. The molecule has 0 spiro atoms. The molecular weight excluding hydrogens is 388 g/mol. The monoisotopic (exact) mass is 419 g/mol. The molecule has 154 valence electrons. The molecule has 0 bridgehead atoms. The van der Waals surface area contributed by atoms with Gasteiger partial charge in [0.15, 0.2) is 8.32 Å². The molecule has 0 N–H and O–H groups in total. The lowest BCUT2D eigenvalue weighted by Crippen LogP contribution is -2.42. The number of rotatable bonds is 7. The Morgan fingerprint density at radius 2 is 1.63 bits per heavy atom. The van der Waals surface area contributed by atoms with Crippen molar-refractivity contribution >= 4 is 25.4 Å². The second-order valence-electron chi connectivity index (χ2n) is 8.85. The Balaban J connectivity index is 3.14. The van der Waals surface area contributed by atoms with E-state index in [0.717, 1.165) is 0 Å². The molecule has 0 amide bonds. The van der Waals surface area contributed by atoms with Crippen LogP contribution in [0, 0.1) is 0 Å². The molecular formula is C19H31F2NO3SSi. The van der Waals surface area contributed by atoms with E-state index in [2.05, 4.69) is 43.0 Å². The van der Waals surface area contributed by atoms with Crippen LogP contribution in [0.25, 0.3) is 0 Å². The van der Waals surface area contributed by atoms with Gasteiger partial charge in [-0.05, 0) is 63.2 Å². The molecule has 8 heteroatoms. The van der Waals surface area contributed by atoms with E-state index in [1.165, 1.54) is 12.1 Å². The van der Waals surface area contributed by atoms with Crippen molar-refractivity contribution < 1.29 is 22.5 Å². The van der Waals surface area contributed by atoms with E-state index in [0.29, 0.717) is 11.3 Å². The van der Waals surface area contributed by atoms with E-state index in [1.54, 1.807) is 12.1 Å². The lowest BCUT2D eigenvalue weighted by molar-refractivity contribution is -0.0498. The van der Waals surface area contributed by atoms with Crippen molar-refractivity contribution in [1.82, 2.24) is 0 Å². The van der Waals surface area contributed by atoms with Crippen molar-refractivity contribution in [3.05, 3.63) is 29.8 Å². The minimum atomic E-state index is -2.88. The Labute approximate surface area is 165 Å². The molecule has 0 heterocycles. The molecule has 1 aromatic rings. The van der Waals surface area contributed by atoms with Crippen LogP contribution in [0.1, 0.15) is 47.1 Å². The average Bonchev–Trinajstić information content (AvgIpc) is 2.49. The average molecular weight is 420 g/mol. The van der Waals surface area contributed by atoms with Gasteiger partial charge in [0.05, 0.1) is 6.61 Å². The van der Waals surface area contributed by atoms with Gasteiger partial charge in [-0.2, -0.15) is 8.78 Å². The molecule has 0 saturated heterocycles. The van der Waals surface area contributed by atoms with E-state index in [4.69, 9.17) is 4.43 Å². The highest BCUT2D eigenvalue weighted by Gasteiger charge is 2.38. The number of benzene rings is 1. The molecule has 1 rings (SSSR count). The van der Waals surface area contributed by atoms with Gasteiger partial charge in [0.1, 0.15) is 27.6 Å². The molecule has 0 radical (unpaired) electrons. The third-order valence-corrected chi connectivity index (χ3v) is 10.4. The van der Waals surface area contributed by atoms with Gasteiger partial charge in [-0.1, -0.05) is 25.2 Å². The zero-order valence-corrected chi connectivity index (χ0v) is 19.2. The van der Waals surface area contributed by atoms with Crippen molar-refractivity contribution in [3.63, 3.8) is 0 Å². The van der Waals surface area contributed by atoms with Crippen LogP contribution in [0.2, 0.25) is 18.1 Å². The fourth-order valence-corrected chi connectivity index (χ4v) is 3.26. The van der Waals surface area contributed by atoms with Crippen molar-refractivity contribution in [2.24, 2.45) is 4.40 Å². The largest absolute Gasteiger partial charge is 0.591 e. The first-order valence-corrected chi connectivity index (χ1v) is 12.8. The van der Waals surface area contributed by atoms with E-state index in [1.807, 2.05) is 20.8 Å². The highest BCUT2D eigenvalue weighted by molar-refractivity contribution is 7.91. The quantitative estimate of drug-likeness (QED) is 0.330. The number of alkyl halides is 2. The summed E-state index contributed by atoms with van der Waals surface area (Å²) in [5, 5.41) is 0.0241. The summed E-state index contributed by atoms with van der Waals surface area (Å²) in [5.74, 6) is 0.0651. The van der Waals surface area contributed by atoms with Crippen molar-refractivity contribution in [3.8, 4) is 5.75 Å². The summed E-state index contributed by atoms with van der Waals surface area (Å²) in [7, 11) is -2.03. The summed E-state index contributed by atoms with van der Waals surface area (Å²) in [4.78, 5) is 0. The zero-order valence-electron chi connectivity index (χ0n) is 17.4. The Hall–Kier alpha value is -0.963. The van der Waals surface area contributed by atoms with Crippen LogP contribution in [0.4, 0.5) is 8.78 Å². The van der Waals surface area contributed by atoms with Crippen LogP contribution >= 0.6 is 0 Å². The van der Waals surface area contributed by atoms with Gasteiger partial charge in [-0.15, -0.1) is 0 Å². The second kappa shape index (κ2) is 9.02. The molecule has 4 nitrogen and oxygen atoms in total. The normalized spacial score (nSPS) is 15.2. The zero-order chi connectivity index (χ0) is 21.0. The molecule has 0 aromatic heterocycles. The fraction of sp³-hybridized carbons (Fsp3) is 0.632. The number of hydrogen-bond acceptors (Lipinski definition) is 4. The van der Waals surface area contributed by atoms with Crippen molar-refractivity contribution in [2.75, 3.05) is 6.61 Å². The standard InChI is InChI=1S/C19H31F2NO3SSi/c1-18(2,3)26(23)22-16(13-24-27(7,8)19(4,5)6)14-9-11-15(12-10-14)25-17(20)21/h9-12,17H,13H2,1-8H3. The maximum atomic E-state index is 12.5. The lowest BCUT2D eigenvalue weighted by atomic mass is 10.1. The van der Waals surface area contributed by atoms with Crippen LogP contribution in [0.3, 0.4) is 0 Å². The smallest absolute Gasteiger partial charge is 0.387 e. The molecule has 0 saturated carbocycles. The van der Waals surface area contributed by atoms with E-state index < -0.39 is 31.0 Å². The van der Waals surface area contributed by atoms with Crippen LogP contribution in [0.5, 0.6) is 5.75 Å². The van der Waals surface area contributed by atoms with E-state index in [-0.39, 0.29) is 17.4 Å². The first-order valence-electron chi connectivity index (χ1n) is 8.82. The number of ether oxygens (including phenoxy) is 1. The first-order chi connectivity index (χ1) is 12.1. The Morgan fingerprint density at radius 3 is 2.04 bits per heavy atom. The second-order valence-corrected chi connectivity index (χ2v) is 15.6. The summed E-state index contributed by atoms with van der Waals surface area (Å²) >= 11 is -1.46. The van der Waals surface area contributed by atoms with Crippen LogP contribution in [-0.4, -0.2) is 36.5 Å². The minimum absolute atomic E-state index is 0.0241. The van der Waals surface area contributed by atoms with E-state index >= 15 is 0 Å². The third-order valence-electron chi connectivity index (χ3n) is 4.51. The molecule has 1 atom stereocenters. The van der Waals surface area contributed by atoms with Gasteiger partial charge >= 0.3 is 6.61 Å². The van der Waals surface area contributed by atoms with Gasteiger partial charge < -0.3 is 13.7 Å². The van der Waals surface area contributed by atoms with Gasteiger partial charge in [-0.3, -0.25) is 0 Å². The summed E-state index contributed by atoms with van der Waals surface area (Å²) in [6, 6.07) is 6.16. The van der Waals surface area contributed by atoms with Crippen LogP contribution in [0.15, 0.2) is 28.7 Å². The van der Waals surface area contributed by atoms with Gasteiger partial charge in [0.2, 0.25) is 0 Å². The summed E-state index contributed by atoms with van der Waals surface area (Å²) in [5.41, 5.74) is 1.21. The van der Waals surface area contributed by atoms with Gasteiger partial charge in [0, 0.05) is 5.56 Å². The van der Waals surface area contributed by atoms with Crippen molar-refractivity contribution in [1.29, 1.82) is 0 Å². The van der Waals surface area contributed by atoms with Crippen molar-refractivity contribution in [2.45, 2.75) is 71.0 Å². The molecule has 0 aliphatic carbocycles. The maximum Gasteiger partial charge on any atom is 0.387 e. The number of hydrogen-bond donors (Lipinski definition) is 0. The molecule has 1 unspecified atom stereocenters. The Morgan fingerprint density at radius 1 is 1.11 bits per heavy atom. The topological polar surface area (TPSA) is 53.9 Å². The SMILES string of the molecule is CC(C)(C)[S+]([O-])N=C(CO[Si](C)(C)C(C)(C)C)c1ccc(OC(F)F)cc1. The number of halogens is 2. The van der Waals surface area contributed by atoms with Gasteiger partial charge in [0.25, 0.3) is 0 Å². The summed E-state index contributed by atoms with van der Waals surface area (Å²) in [6.45, 7) is 13.6. The third kappa shape index (κ3) is 7.52. The molecule has 0 fully saturated rings. The van der Waals surface area contributed by atoms with Gasteiger partial charge in [-0.25, -0.2) is 0 Å². The molecule has 0 aliphatic rings. The van der Waals surface area contributed by atoms with E-state index in [9.17, 15) is 13.3 Å². The predicted molar refractivity (Wildman–Crippen MR) is 111 cm³/mol. The maximum absolute atomic E-state index is 12.5. The minimum Gasteiger partial charge on any atom is -0.591 e. The Kier molecular flexibility index (Phi) is 8.05. The fourth-order valence-electron chi connectivity index (χ4n) is 1.69. The molecule has 1 aromatic carbocycles. The predicted octanol–water partition coefficient (Wildman–Crippen LogP) is 5.56. The lowest BCUT2D eigenvalue weighted by Gasteiger charge is -2.36. The van der Waals surface area contributed by atoms with Crippen LogP contribution in [-0.2, 0) is 15.8 Å². The molecule has 27 heavy (non-hydrogen) atoms. The first kappa shape index (κ1) is 24.1. The Bertz CT molecular complexity index is 638. The highest BCUT2D eigenvalue weighted by Crippen LogP contribution is 2.36. The summed E-state index contributed by atoms with van der Waals surface area (Å²) < 4.78 is 51.7. The summed E-state index contributed by atoms with van der Waals surface area (Å²) in [6.07, 6.45) is 0. The number of nitrogens with zero attached hydrogens (tertiary/aromatic N) is 1. The highest BCUT2D eigenvalue weighted by atomic mass is 32.2.